The molecule has 0 aliphatic heterocycles. The average Bonchev–Trinajstić information content (AvgIpc) is 1.00. The van der Waals surface area contributed by atoms with Crippen molar-refractivity contribution in [3.05, 3.63) is 0 Å². The van der Waals surface area contributed by atoms with Crippen LogP contribution in [-0.4, -0.2) is 22.5 Å². The standard InChI is InChI=1S/5O.Sn.Ti.Zr/q;4*-2;;2*+4. The molecule has 0 aliphatic rings. The monoisotopic (exact) mass is 338 g/mol. The van der Waals surface area contributed by atoms with Gasteiger partial charge in [0.25, 0.3) is 0 Å². The van der Waals surface area contributed by atoms with Gasteiger partial charge in [-0.15, -0.1) is 0 Å². The molecular weight excluding hydrogens is 338 g/mol. The van der Waals surface area contributed by atoms with Gasteiger partial charge in [-0.2, -0.15) is 0 Å². The van der Waals surface area contributed by atoms with E-state index in [1.54, 1.807) is 0 Å². The van der Waals surface area contributed by atoms with Gasteiger partial charge in [0.1, 0.15) is 0 Å². The molecule has 2 radical (unpaired) electrons. The second kappa shape index (κ2) is 141. The third-order valence-electron chi connectivity index (χ3n) is 0. The van der Waals surface area contributed by atoms with Crippen LogP contribution in [-0.2, 0) is 72.9 Å². The quantitative estimate of drug-likeness (QED) is 0.516. The molecule has 0 saturated carbocycles. The number of rotatable bonds is 0. The molecule has 0 unspecified atom stereocenters. The Morgan fingerprint density at radius 3 is 0.750 bits per heavy atom. The molecule has 42 valence electrons. The number of hydrogen-bond acceptors (Lipinski definition) is 1. The van der Waals surface area contributed by atoms with Crippen molar-refractivity contribution in [2.75, 3.05) is 0 Å². The largest absolute Gasteiger partial charge is 4.00 e. The van der Waals surface area contributed by atoms with Crippen LogP contribution in [0, 0.1) is 0 Å². The molecule has 0 heterocycles. The van der Waals surface area contributed by atoms with E-state index in [1.165, 1.54) is 0 Å². The first-order valence-electron chi connectivity index (χ1n) is 0.204. The van der Waals surface area contributed by atoms with Crippen LogP contribution in [0.5, 0.6) is 0 Å². The second-order valence-electron chi connectivity index (χ2n) is 0. The summed E-state index contributed by atoms with van der Waals surface area (Å²) in [5.74, 6) is 0. The normalized spacial score (nSPS) is 0.500. The van der Waals surface area contributed by atoms with Gasteiger partial charge in [-0.1, -0.05) is 0 Å². The van der Waals surface area contributed by atoms with Crippen molar-refractivity contribution >= 4 is 22.5 Å². The van der Waals surface area contributed by atoms with Gasteiger partial charge in [-0.05, 0) is 0 Å². The maximum atomic E-state index is 8.34. The number of hydrogen-bond donors (Lipinski definition) is 0. The Balaban J connectivity index is -0.000000000333. The van der Waals surface area contributed by atoms with E-state index in [2.05, 4.69) is 0 Å². The van der Waals surface area contributed by atoms with Crippen LogP contribution in [0.2, 0.25) is 0 Å². The van der Waals surface area contributed by atoms with Gasteiger partial charge >= 0.3 is 73.5 Å². The molecular formula is O5SnTiZr. The third-order valence-corrected chi connectivity index (χ3v) is 0. The molecule has 0 aromatic heterocycles. The minimum Gasteiger partial charge on any atom is 4.00 e. The van der Waals surface area contributed by atoms with E-state index < -0.39 is 0 Å². The summed E-state index contributed by atoms with van der Waals surface area (Å²) in [7, 11) is 0. The minimum atomic E-state index is 0. The van der Waals surface area contributed by atoms with Crippen LogP contribution in [0.25, 0.3) is 0 Å². The fourth-order valence-corrected chi connectivity index (χ4v) is 0. The fraction of sp³-hybridized carbons (Fsp3) is 0. The average molecular weight is 338 g/mol. The Bertz CT molecular complexity index is 12.4. The van der Waals surface area contributed by atoms with Crippen LogP contribution in [0.1, 0.15) is 0 Å². The predicted octanol–water partition coefficient (Wildman–Crippen LogP) is -0.980. The Morgan fingerprint density at radius 2 is 0.750 bits per heavy atom. The van der Waals surface area contributed by atoms with E-state index in [4.69, 9.17) is 3.08 Å². The summed E-state index contributed by atoms with van der Waals surface area (Å²) in [5, 5.41) is 0. The first kappa shape index (κ1) is 88.9. The SMILES string of the molecule is [O-2].[O-2].[O-2].[O-2].[O]=[Sn].[Ti+4].[Zr+4]. The van der Waals surface area contributed by atoms with Crippen molar-refractivity contribution < 1.29 is 72.9 Å². The molecule has 0 aromatic rings. The molecule has 5 nitrogen and oxygen atoms in total. The van der Waals surface area contributed by atoms with Gasteiger partial charge in [0, 0.05) is 0 Å². The van der Waals surface area contributed by atoms with Crippen LogP contribution in [0.15, 0.2) is 0 Å². The summed E-state index contributed by atoms with van der Waals surface area (Å²) in [4.78, 5) is 0. The van der Waals surface area contributed by atoms with Gasteiger partial charge in [0.15, 0.2) is 0 Å². The fourth-order valence-electron chi connectivity index (χ4n) is 0. The molecule has 0 bridgehead atoms. The Hall–Kier alpha value is 2.04. The summed E-state index contributed by atoms with van der Waals surface area (Å²) < 4.78 is 8.34. The molecule has 8 heteroatoms. The molecule has 0 spiro atoms. The van der Waals surface area contributed by atoms with Crippen molar-refractivity contribution in [2.45, 2.75) is 0 Å². The summed E-state index contributed by atoms with van der Waals surface area (Å²) >= 11 is 0.300. The topological polar surface area (TPSA) is 131 Å². The van der Waals surface area contributed by atoms with Crippen molar-refractivity contribution in [3.63, 3.8) is 0 Å². The smallest absolute Gasteiger partial charge is 4.00 e. The third kappa shape index (κ3) is 96.0. The Kier molecular flexibility index (Phi) is 1560. The molecule has 0 amide bonds. The predicted molar refractivity (Wildman–Crippen MR) is 9.19 cm³/mol. The second-order valence-corrected chi connectivity index (χ2v) is 0. The summed E-state index contributed by atoms with van der Waals surface area (Å²) in [6, 6.07) is 0. The van der Waals surface area contributed by atoms with Crippen LogP contribution >= 0.6 is 0 Å². The molecule has 0 aliphatic carbocycles. The summed E-state index contributed by atoms with van der Waals surface area (Å²) in [6.07, 6.45) is 0. The maximum absolute atomic E-state index is 8.34. The Labute approximate surface area is 94.3 Å². The van der Waals surface area contributed by atoms with Gasteiger partial charge in [0.2, 0.25) is 0 Å². The Morgan fingerprint density at radius 1 is 0.750 bits per heavy atom. The molecule has 0 atom stereocenters. The van der Waals surface area contributed by atoms with Gasteiger partial charge in [-0.3, -0.25) is 0 Å². The van der Waals surface area contributed by atoms with Crippen molar-refractivity contribution in [2.24, 2.45) is 0 Å². The van der Waals surface area contributed by atoms with Crippen LogP contribution in [0.4, 0.5) is 0 Å². The van der Waals surface area contributed by atoms with E-state index in [0.29, 0.717) is 22.5 Å². The first-order chi connectivity index (χ1) is 1.00. The van der Waals surface area contributed by atoms with E-state index in [1.807, 2.05) is 0 Å². The summed E-state index contributed by atoms with van der Waals surface area (Å²) in [5.41, 5.74) is 0. The first-order valence-corrected chi connectivity index (χ1v) is 1.37. The molecule has 8 heavy (non-hydrogen) atoms. The van der Waals surface area contributed by atoms with E-state index in [-0.39, 0.29) is 69.8 Å². The minimum absolute atomic E-state index is 0. The van der Waals surface area contributed by atoms with Crippen molar-refractivity contribution in [1.29, 1.82) is 0 Å². The van der Waals surface area contributed by atoms with Crippen LogP contribution < -0.4 is 0 Å². The molecule has 0 N–H and O–H groups in total. The molecule has 0 fully saturated rings. The van der Waals surface area contributed by atoms with E-state index >= 15 is 0 Å². The zero-order valence-electron chi connectivity index (χ0n) is 3.54. The van der Waals surface area contributed by atoms with Crippen molar-refractivity contribution in [1.82, 2.24) is 0 Å². The zero-order chi connectivity index (χ0) is 2.00. The zero-order valence-corrected chi connectivity index (χ0v) is 10.4. The van der Waals surface area contributed by atoms with E-state index in [0.717, 1.165) is 0 Å². The summed E-state index contributed by atoms with van der Waals surface area (Å²) in [6.45, 7) is 0. The maximum Gasteiger partial charge on any atom is 4.00 e. The van der Waals surface area contributed by atoms with Gasteiger partial charge < -0.3 is 21.9 Å². The van der Waals surface area contributed by atoms with E-state index in [9.17, 15) is 0 Å². The molecule has 0 rings (SSSR count). The van der Waals surface area contributed by atoms with Crippen LogP contribution in [0.3, 0.4) is 0 Å². The molecule has 0 aromatic carbocycles. The van der Waals surface area contributed by atoms with Gasteiger partial charge in [0.05, 0.1) is 0 Å². The van der Waals surface area contributed by atoms with Crippen molar-refractivity contribution in [3.8, 4) is 0 Å². The van der Waals surface area contributed by atoms with Gasteiger partial charge in [-0.25, -0.2) is 0 Å². The molecule has 0 saturated heterocycles.